The van der Waals surface area contributed by atoms with E-state index in [1.807, 2.05) is 0 Å². The maximum Gasteiger partial charge on any atom is 0.306 e. The topological polar surface area (TPSA) is 78.9 Å². The third-order valence-electron chi connectivity index (χ3n) is 15.1. The van der Waals surface area contributed by atoms with Gasteiger partial charge in [0.25, 0.3) is 0 Å². The van der Waals surface area contributed by atoms with E-state index >= 15 is 0 Å². The normalized spacial score (nSPS) is 12.3. The second-order valence-electron chi connectivity index (χ2n) is 22.7. The molecule has 0 fully saturated rings. The van der Waals surface area contributed by atoms with Crippen molar-refractivity contribution >= 4 is 17.9 Å². The lowest BCUT2D eigenvalue weighted by molar-refractivity contribution is -0.167. The average molecular weight is 1070 g/mol. The first-order valence-corrected chi connectivity index (χ1v) is 33.6. The number of rotatable bonds is 62. The third-order valence-corrected chi connectivity index (χ3v) is 15.1. The van der Waals surface area contributed by atoms with Gasteiger partial charge in [-0.05, 0) is 83.5 Å². The quantitative estimate of drug-likeness (QED) is 0.0261. The van der Waals surface area contributed by atoms with Gasteiger partial charge in [0.05, 0.1) is 0 Å². The molecule has 0 amide bonds. The summed E-state index contributed by atoms with van der Waals surface area (Å²) in [6, 6.07) is 0. The molecule has 0 aliphatic heterocycles. The van der Waals surface area contributed by atoms with E-state index in [1.54, 1.807) is 0 Å². The smallest absolute Gasteiger partial charge is 0.306 e. The Labute approximate surface area is 473 Å². The van der Waals surface area contributed by atoms with E-state index in [-0.39, 0.29) is 31.1 Å². The van der Waals surface area contributed by atoms with Gasteiger partial charge in [0.2, 0.25) is 0 Å². The molecule has 0 heterocycles. The summed E-state index contributed by atoms with van der Waals surface area (Å²) in [5.41, 5.74) is 0. The van der Waals surface area contributed by atoms with Crippen LogP contribution in [0.25, 0.3) is 0 Å². The van der Waals surface area contributed by atoms with E-state index in [9.17, 15) is 14.4 Å². The molecule has 0 saturated carbocycles. The fourth-order valence-electron chi connectivity index (χ4n) is 9.98. The summed E-state index contributed by atoms with van der Waals surface area (Å²) >= 11 is 0. The molecule has 1 unspecified atom stereocenters. The van der Waals surface area contributed by atoms with Crippen molar-refractivity contribution in [2.45, 2.75) is 367 Å². The van der Waals surface area contributed by atoms with Crippen LogP contribution in [-0.2, 0) is 28.6 Å². The van der Waals surface area contributed by atoms with Crippen LogP contribution in [0, 0.1) is 0 Å². The van der Waals surface area contributed by atoms with Crippen LogP contribution in [0.4, 0.5) is 0 Å². The average Bonchev–Trinajstić information content (AvgIpc) is 3.42. The Morgan fingerprint density at radius 1 is 0.263 bits per heavy atom. The minimum absolute atomic E-state index is 0.0701. The SMILES string of the molecule is CCCCCCC/C=C\C/C=C\C/C=C\CCCCCCCCCCCCCCCCC(=O)OCC(COC(=O)CCCCCCCCCC)OC(=O)CCCCCCCCCCC/C=C\CCCCCCCCCC. The highest BCUT2D eigenvalue weighted by molar-refractivity contribution is 5.71. The Kier molecular flexibility index (Phi) is 62.6. The van der Waals surface area contributed by atoms with Crippen molar-refractivity contribution < 1.29 is 28.6 Å². The van der Waals surface area contributed by atoms with Gasteiger partial charge in [0.1, 0.15) is 13.2 Å². The van der Waals surface area contributed by atoms with Gasteiger partial charge in [-0.15, -0.1) is 0 Å². The van der Waals surface area contributed by atoms with E-state index in [2.05, 4.69) is 69.4 Å². The summed E-state index contributed by atoms with van der Waals surface area (Å²) in [5.74, 6) is -0.857. The molecule has 0 aromatic heterocycles. The summed E-state index contributed by atoms with van der Waals surface area (Å²) in [6.45, 7) is 6.65. The van der Waals surface area contributed by atoms with Crippen molar-refractivity contribution in [1.29, 1.82) is 0 Å². The summed E-state index contributed by atoms with van der Waals surface area (Å²) in [4.78, 5) is 38.2. The number of carbonyl (C=O) groups excluding carboxylic acids is 3. The number of allylic oxidation sites excluding steroid dienone is 8. The van der Waals surface area contributed by atoms with Crippen LogP contribution >= 0.6 is 0 Å². The molecule has 0 aliphatic carbocycles. The van der Waals surface area contributed by atoms with Crippen molar-refractivity contribution in [2.75, 3.05) is 13.2 Å². The number of hydrogen-bond acceptors (Lipinski definition) is 6. The molecule has 1 atom stereocenters. The lowest BCUT2D eigenvalue weighted by Crippen LogP contribution is -2.30. The molecule has 444 valence electrons. The number of ether oxygens (including phenoxy) is 3. The molecule has 0 rings (SSSR count). The molecule has 0 bridgehead atoms. The molecule has 6 nitrogen and oxygen atoms in total. The second-order valence-corrected chi connectivity index (χ2v) is 22.7. The maximum absolute atomic E-state index is 12.9. The van der Waals surface area contributed by atoms with Gasteiger partial charge in [0.15, 0.2) is 6.10 Å². The van der Waals surface area contributed by atoms with E-state index in [0.717, 1.165) is 70.6 Å². The van der Waals surface area contributed by atoms with Crippen molar-refractivity contribution in [3.63, 3.8) is 0 Å². The molecule has 0 aromatic rings. The van der Waals surface area contributed by atoms with E-state index in [4.69, 9.17) is 14.2 Å². The second kappa shape index (κ2) is 64.9. The number of hydrogen-bond donors (Lipinski definition) is 0. The molecular formula is C70H128O6. The molecule has 0 aliphatic rings. The summed E-state index contributed by atoms with van der Waals surface area (Å²) in [7, 11) is 0. The minimum atomic E-state index is -0.771. The predicted molar refractivity (Wildman–Crippen MR) is 330 cm³/mol. The molecule has 6 heteroatoms. The van der Waals surface area contributed by atoms with Gasteiger partial charge in [-0.2, -0.15) is 0 Å². The largest absolute Gasteiger partial charge is 0.462 e. The third kappa shape index (κ3) is 62.2. The van der Waals surface area contributed by atoms with Gasteiger partial charge < -0.3 is 14.2 Å². The Bertz CT molecular complexity index is 1310. The van der Waals surface area contributed by atoms with Gasteiger partial charge in [-0.3, -0.25) is 14.4 Å². The summed E-state index contributed by atoms with van der Waals surface area (Å²) < 4.78 is 16.9. The lowest BCUT2D eigenvalue weighted by Gasteiger charge is -2.18. The molecule has 0 radical (unpaired) electrons. The number of unbranched alkanes of at least 4 members (excludes halogenated alkanes) is 43. The zero-order valence-corrected chi connectivity index (χ0v) is 51.0. The van der Waals surface area contributed by atoms with Crippen LogP contribution in [0.15, 0.2) is 48.6 Å². The lowest BCUT2D eigenvalue weighted by atomic mass is 10.0. The van der Waals surface area contributed by atoms with Crippen molar-refractivity contribution in [3.8, 4) is 0 Å². The fraction of sp³-hybridized carbons (Fsp3) is 0.843. The zero-order valence-electron chi connectivity index (χ0n) is 51.0. The van der Waals surface area contributed by atoms with Crippen LogP contribution in [0.1, 0.15) is 361 Å². The van der Waals surface area contributed by atoms with Crippen LogP contribution < -0.4 is 0 Å². The van der Waals surface area contributed by atoms with Crippen LogP contribution in [0.5, 0.6) is 0 Å². The first kappa shape index (κ1) is 73.4. The van der Waals surface area contributed by atoms with Crippen LogP contribution in [0.3, 0.4) is 0 Å². The summed E-state index contributed by atoms with van der Waals surface area (Å²) in [5, 5.41) is 0. The first-order valence-electron chi connectivity index (χ1n) is 33.6. The van der Waals surface area contributed by atoms with E-state index < -0.39 is 6.10 Å². The van der Waals surface area contributed by atoms with Gasteiger partial charge >= 0.3 is 17.9 Å². The highest BCUT2D eigenvalue weighted by Gasteiger charge is 2.19. The van der Waals surface area contributed by atoms with E-state index in [0.29, 0.717) is 19.3 Å². The molecule has 0 saturated heterocycles. The van der Waals surface area contributed by atoms with Gasteiger partial charge in [-0.1, -0.05) is 307 Å². The van der Waals surface area contributed by atoms with Crippen LogP contribution in [-0.4, -0.2) is 37.2 Å². The highest BCUT2D eigenvalue weighted by Crippen LogP contribution is 2.17. The van der Waals surface area contributed by atoms with Crippen molar-refractivity contribution in [2.24, 2.45) is 0 Å². The predicted octanol–water partition coefficient (Wildman–Crippen LogP) is 22.9. The van der Waals surface area contributed by atoms with E-state index in [1.165, 1.54) is 250 Å². The van der Waals surface area contributed by atoms with Gasteiger partial charge in [-0.25, -0.2) is 0 Å². The highest BCUT2D eigenvalue weighted by atomic mass is 16.6. The number of carbonyl (C=O) groups is 3. The first-order chi connectivity index (χ1) is 37.5. The zero-order chi connectivity index (χ0) is 55.0. The molecule has 0 aromatic carbocycles. The Hall–Kier alpha value is -2.63. The number of esters is 3. The standard InChI is InChI=1S/C70H128O6/c1-4-7-10-13-16-19-21-23-25-27-29-31-32-33-34-35-36-37-38-40-41-43-45-47-49-51-54-57-60-63-69(72)75-66-67(65-74-68(71)62-59-56-53-18-15-12-9-6-3)76-70(73)64-61-58-55-52-50-48-46-44-42-39-30-28-26-24-22-20-17-14-11-8-5-2/h21,23,27-30,32-33,67H,4-20,22,24-26,31,34-66H2,1-3H3/b23-21-,29-27-,30-28-,33-32-. The molecular weight excluding hydrogens is 937 g/mol. The Morgan fingerprint density at radius 2 is 0.474 bits per heavy atom. The van der Waals surface area contributed by atoms with Crippen LogP contribution in [0.2, 0.25) is 0 Å². The Balaban J connectivity index is 4.10. The summed E-state index contributed by atoms with van der Waals surface area (Å²) in [6.07, 6.45) is 81.5. The maximum atomic E-state index is 12.9. The molecule has 0 N–H and O–H groups in total. The monoisotopic (exact) mass is 1060 g/mol. The van der Waals surface area contributed by atoms with Gasteiger partial charge in [0, 0.05) is 19.3 Å². The fourth-order valence-corrected chi connectivity index (χ4v) is 9.98. The minimum Gasteiger partial charge on any atom is -0.462 e. The van der Waals surface area contributed by atoms with Crippen molar-refractivity contribution in [1.82, 2.24) is 0 Å². The molecule has 76 heavy (non-hydrogen) atoms. The molecule has 0 spiro atoms. The Morgan fingerprint density at radius 3 is 0.750 bits per heavy atom. The van der Waals surface area contributed by atoms with Crippen molar-refractivity contribution in [3.05, 3.63) is 48.6 Å².